The summed E-state index contributed by atoms with van der Waals surface area (Å²) in [4.78, 5) is 0. The fourth-order valence-electron chi connectivity index (χ4n) is 9.78. The maximum absolute atomic E-state index is 4.20. The first kappa shape index (κ1) is 23.6. The molecule has 4 rings (SSSR count). The van der Waals surface area contributed by atoms with Crippen molar-refractivity contribution in [1.82, 2.24) is 0 Å². The summed E-state index contributed by atoms with van der Waals surface area (Å²) in [5, 5.41) is 0. The highest BCUT2D eigenvalue weighted by Gasteiger charge is 2.65. The van der Waals surface area contributed by atoms with Gasteiger partial charge < -0.3 is 0 Å². The molecule has 0 aliphatic heterocycles. The Morgan fingerprint density at radius 2 is 1.68 bits per heavy atom. The molecule has 0 bridgehead atoms. The number of rotatable bonds is 5. The molecule has 0 heterocycles. The minimum atomic E-state index is 0.435. The third-order valence-corrected chi connectivity index (χ3v) is 12.2. The van der Waals surface area contributed by atoms with Crippen molar-refractivity contribution in [2.45, 2.75) is 120 Å². The van der Waals surface area contributed by atoms with Gasteiger partial charge in [-0.1, -0.05) is 78.7 Å². The van der Waals surface area contributed by atoms with Gasteiger partial charge in [0.1, 0.15) is 0 Å². The molecule has 3 fully saturated rings. The summed E-state index contributed by atoms with van der Waals surface area (Å²) in [5.41, 5.74) is 5.25. The van der Waals surface area contributed by atoms with E-state index in [2.05, 4.69) is 68.0 Å². The Kier molecular flexibility index (Phi) is 5.92. The molecule has 0 nitrogen and oxygen atoms in total. The standard InChI is InChI=1S/C31H52/c1-21(2)22(3)11-12-23(4)24-15-19-30(8)25(24)13-14-27-29(7)18-10-17-28(5,6)26(29)16-20-31(27,30)9/h13,22-24,26-27H,1,10-12,14-20H2,2-9H3. The highest BCUT2D eigenvalue weighted by atomic mass is 14.7. The van der Waals surface area contributed by atoms with Gasteiger partial charge in [-0.15, -0.1) is 0 Å². The predicted octanol–water partition coefficient (Wildman–Crippen LogP) is 9.61. The summed E-state index contributed by atoms with van der Waals surface area (Å²) in [5.74, 6) is 4.11. The predicted molar refractivity (Wildman–Crippen MR) is 136 cm³/mol. The summed E-state index contributed by atoms with van der Waals surface area (Å²) in [6.45, 7) is 24.7. The smallest absolute Gasteiger partial charge is 0.00566 e. The van der Waals surface area contributed by atoms with Gasteiger partial charge in [0, 0.05) is 0 Å². The van der Waals surface area contributed by atoms with Crippen LogP contribution in [0.15, 0.2) is 23.8 Å². The van der Waals surface area contributed by atoms with Crippen LogP contribution >= 0.6 is 0 Å². The van der Waals surface area contributed by atoms with Crippen molar-refractivity contribution in [3.8, 4) is 0 Å². The molecular weight excluding hydrogens is 372 g/mol. The summed E-state index contributed by atoms with van der Waals surface area (Å²) >= 11 is 0. The van der Waals surface area contributed by atoms with Crippen molar-refractivity contribution < 1.29 is 0 Å². The van der Waals surface area contributed by atoms with Crippen molar-refractivity contribution in [2.24, 2.45) is 51.2 Å². The van der Waals surface area contributed by atoms with E-state index >= 15 is 0 Å². The minimum Gasteiger partial charge on any atom is -0.0999 e. The molecule has 8 unspecified atom stereocenters. The van der Waals surface area contributed by atoms with Gasteiger partial charge in [-0.2, -0.15) is 0 Å². The highest BCUT2D eigenvalue weighted by Crippen LogP contribution is 2.74. The first-order valence-electron chi connectivity index (χ1n) is 13.7. The molecule has 0 radical (unpaired) electrons. The Morgan fingerprint density at radius 3 is 2.35 bits per heavy atom. The average molecular weight is 425 g/mol. The summed E-state index contributed by atoms with van der Waals surface area (Å²) in [6, 6.07) is 0. The molecule has 176 valence electrons. The van der Waals surface area contributed by atoms with Crippen LogP contribution in [-0.4, -0.2) is 0 Å². The molecule has 31 heavy (non-hydrogen) atoms. The third-order valence-electron chi connectivity index (χ3n) is 12.2. The van der Waals surface area contributed by atoms with E-state index in [1.165, 1.54) is 69.8 Å². The second kappa shape index (κ2) is 7.77. The lowest BCUT2D eigenvalue weighted by Crippen LogP contribution is -2.60. The van der Waals surface area contributed by atoms with E-state index in [0.29, 0.717) is 27.6 Å². The maximum Gasteiger partial charge on any atom is -0.00566 e. The van der Waals surface area contributed by atoms with E-state index in [9.17, 15) is 0 Å². The quantitative estimate of drug-likeness (QED) is 0.385. The van der Waals surface area contributed by atoms with E-state index in [4.69, 9.17) is 0 Å². The number of allylic oxidation sites excluding steroid dienone is 3. The fourth-order valence-corrected chi connectivity index (χ4v) is 9.78. The maximum atomic E-state index is 4.20. The van der Waals surface area contributed by atoms with Crippen LogP contribution in [0.25, 0.3) is 0 Å². The lowest BCUT2D eigenvalue weighted by atomic mass is 9.37. The van der Waals surface area contributed by atoms with Crippen molar-refractivity contribution in [3.05, 3.63) is 23.8 Å². The molecule has 0 N–H and O–H groups in total. The molecule has 0 aromatic rings. The zero-order chi connectivity index (χ0) is 22.8. The molecular formula is C31H52. The topological polar surface area (TPSA) is 0 Å². The van der Waals surface area contributed by atoms with E-state index < -0.39 is 0 Å². The Hall–Kier alpha value is -0.520. The van der Waals surface area contributed by atoms with Gasteiger partial charge in [0.15, 0.2) is 0 Å². The first-order valence-corrected chi connectivity index (χ1v) is 13.7. The van der Waals surface area contributed by atoms with Crippen LogP contribution in [0.3, 0.4) is 0 Å². The summed E-state index contributed by atoms with van der Waals surface area (Å²) in [6.07, 6.45) is 17.0. The molecule has 0 spiro atoms. The zero-order valence-corrected chi connectivity index (χ0v) is 22.2. The molecule has 4 aliphatic carbocycles. The van der Waals surface area contributed by atoms with Crippen LogP contribution < -0.4 is 0 Å². The molecule has 0 saturated heterocycles. The van der Waals surface area contributed by atoms with E-state index in [-0.39, 0.29) is 0 Å². The van der Waals surface area contributed by atoms with Crippen molar-refractivity contribution >= 4 is 0 Å². The Labute approximate surface area is 194 Å². The molecule has 8 atom stereocenters. The average Bonchev–Trinajstić information content (AvgIpc) is 3.03. The van der Waals surface area contributed by atoms with Gasteiger partial charge >= 0.3 is 0 Å². The van der Waals surface area contributed by atoms with Crippen LogP contribution in [0.1, 0.15) is 120 Å². The highest BCUT2D eigenvalue weighted by molar-refractivity contribution is 5.32. The van der Waals surface area contributed by atoms with Crippen LogP contribution in [0.2, 0.25) is 0 Å². The number of fused-ring (bicyclic) bond motifs is 5. The van der Waals surface area contributed by atoms with Crippen molar-refractivity contribution in [2.75, 3.05) is 0 Å². The van der Waals surface area contributed by atoms with Crippen LogP contribution in [-0.2, 0) is 0 Å². The van der Waals surface area contributed by atoms with Gasteiger partial charge in [0.25, 0.3) is 0 Å². The zero-order valence-electron chi connectivity index (χ0n) is 22.2. The van der Waals surface area contributed by atoms with Crippen molar-refractivity contribution in [1.29, 1.82) is 0 Å². The lowest BCUT2D eigenvalue weighted by Gasteiger charge is -2.67. The van der Waals surface area contributed by atoms with Gasteiger partial charge in [0.2, 0.25) is 0 Å². The van der Waals surface area contributed by atoms with E-state index in [1.807, 2.05) is 5.57 Å². The van der Waals surface area contributed by atoms with E-state index in [1.54, 1.807) is 0 Å². The van der Waals surface area contributed by atoms with Gasteiger partial charge in [0.05, 0.1) is 0 Å². The molecule has 0 aromatic carbocycles. The lowest BCUT2D eigenvalue weighted by molar-refractivity contribution is -0.164. The molecule has 0 aromatic heterocycles. The first-order chi connectivity index (χ1) is 14.4. The summed E-state index contributed by atoms with van der Waals surface area (Å²) in [7, 11) is 0. The molecule has 0 amide bonds. The number of hydrogen-bond acceptors (Lipinski definition) is 0. The third kappa shape index (κ3) is 3.44. The van der Waals surface area contributed by atoms with E-state index in [0.717, 1.165) is 23.7 Å². The molecule has 4 aliphatic rings. The monoisotopic (exact) mass is 424 g/mol. The minimum absolute atomic E-state index is 0.435. The fraction of sp³-hybridized carbons (Fsp3) is 0.871. The van der Waals surface area contributed by atoms with Crippen molar-refractivity contribution in [3.63, 3.8) is 0 Å². The summed E-state index contributed by atoms with van der Waals surface area (Å²) < 4.78 is 0. The van der Waals surface area contributed by atoms with Gasteiger partial charge in [-0.05, 0) is 116 Å². The Bertz CT molecular complexity index is 739. The van der Waals surface area contributed by atoms with Gasteiger partial charge in [-0.3, -0.25) is 0 Å². The Morgan fingerprint density at radius 1 is 0.968 bits per heavy atom. The van der Waals surface area contributed by atoms with Crippen LogP contribution in [0.5, 0.6) is 0 Å². The van der Waals surface area contributed by atoms with Crippen LogP contribution in [0, 0.1) is 51.2 Å². The number of hydrogen-bond donors (Lipinski definition) is 0. The molecule has 0 heteroatoms. The second-order valence-electron chi connectivity index (χ2n) is 14.1. The largest absolute Gasteiger partial charge is 0.0999 e. The normalized spacial score (nSPS) is 45.7. The Balaban J connectivity index is 1.60. The second-order valence-corrected chi connectivity index (χ2v) is 14.1. The molecule has 3 saturated carbocycles. The SMILES string of the molecule is C=C(C)C(C)CCC(C)C1CCC2(C)C1=CCC1C3(C)CCCC(C)(C)C3CCC12C. The van der Waals surface area contributed by atoms with Gasteiger partial charge in [-0.25, -0.2) is 0 Å². The van der Waals surface area contributed by atoms with Crippen LogP contribution in [0.4, 0.5) is 0 Å².